The molecule has 2 fully saturated rings. The summed E-state index contributed by atoms with van der Waals surface area (Å²) in [6, 6.07) is 10.4. The van der Waals surface area contributed by atoms with Crippen molar-refractivity contribution < 1.29 is 4.79 Å². The fraction of sp³-hybridized carbons (Fsp3) is 0.533. The highest BCUT2D eigenvalue weighted by molar-refractivity contribution is 9.09. The van der Waals surface area contributed by atoms with Gasteiger partial charge in [-0.25, -0.2) is 0 Å². The molecule has 2 aliphatic rings. The lowest BCUT2D eigenvalue weighted by Crippen LogP contribution is -2.39. The smallest absolute Gasteiger partial charge is 0.226 e. The standard InChI is InChI=1S/C15H18BrNO/c16-12-6-8-17(9-7-12)15(18)14-10-13(14)11-4-2-1-3-5-11/h1-5,12-14H,6-10H2. The molecule has 0 bridgehead atoms. The molecule has 0 aromatic heterocycles. The van der Waals surface area contributed by atoms with Crippen LogP contribution in [-0.4, -0.2) is 28.7 Å². The summed E-state index contributed by atoms with van der Waals surface area (Å²) < 4.78 is 0. The first-order valence-electron chi connectivity index (χ1n) is 6.73. The lowest BCUT2D eigenvalue weighted by Gasteiger charge is -2.29. The number of hydrogen-bond acceptors (Lipinski definition) is 1. The number of carbonyl (C=O) groups is 1. The Kier molecular flexibility index (Phi) is 3.42. The van der Waals surface area contributed by atoms with Gasteiger partial charge in [-0.1, -0.05) is 46.3 Å². The first-order valence-corrected chi connectivity index (χ1v) is 7.65. The maximum Gasteiger partial charge on any atom is 0.226 e. The Hall–Kier alpha value is -0.830. The van der Waals surface area contributed by atoms with Gasteiger partial charge in [-0.05, 0) is 30.7 Å². The molecular formula is C15H18BrNO. The van der Waals surface area contributed by atoms with Crippen LogP contribution in [0.1, 0.15) is 30.7 Å². The fourth-order valence-electron chi connectivity index (χ4n) is 2.84. The number of carbonyl (C=O) groups excluding carboxylic acids is 1. The molecule has 1 heterocycles. The van der Waals surface area contributed by atoms with Gasteiger partial charge in [0.15, 0.2) is 0 Å². The van der Waals surface area contributed by atoms with Gasteiger partial charge in [0.25, 0.3) is 0 Å². The largest absolute Gasteiger partial charge is 0.342 e. The zero-order valence-corrected chi connectivity index (χ0v) is 12.0. The molecule has 1 aromatic carbocycles. The first-order chi connectivity index (χ1) is 8.75. The van der Waals surface area contributed by atoms with E-state index in [1.54, 1.807) is 0 Å². The van der Waals surface area contributed by atoms with Crippen LogP contribution in [0.2, 0.25) is 0 Å². The van der Waals surface area contributed by atoms with Crippen LogP contribution in [0.4, 0.5) is 0 Å². The lowest BCUT2D eigenvalue weighted by molar-refractivity contribution is -0.133. The summed E-state index contributed by atoms with van der Waals surface area (Å²) in [5, 5.41) is 0. The van der Waals surface area contributed by atoms with Crippen LogP contribution in [0, 0.1) is 5.92 Å². The predicted molar refractivity (Wildman–Crippen MR) is 75.8 cm³/mol. The number of hydrogen-bond donors (Lipinski definition) is 0. The normalized spacial score (nSPS) is 28.2. The topological polar surface area (TPSA) is 20.3 Å². The minimum atomic E-state index is 0.249. The molecular weight excluding hydrogens is 290 g/mol. The summed E-state index contributed by atoms with van der Waals surface area (Å²) >= 11 is 3.63. The number of likely N-dealkylation sites (tertiary alicyclic amines) is 1. The Morgan fingerprint density at radius 1 is 1.17 bits per heavy atom. The molecule has 1 aliphatic carbocycles. The highest BCUT2D eigenvalue weighted by Crippen LogP contribution is 2.48. The summed E-state index contributed by atoms with van der Waals surface area (Å²) in [5.41, 5.74) is 1.33. The number of alkyl halides is 1. The molecule has 0 radical (unpaired) electrons. The van der Waals surface area contributed by atoms with Crippen molar-refractivity contribution in [2.45, 2.75) is 30.0 Å². The third-order valence-electron chi connectivity index (χ3n) is 4.07. The van der Waals surface area contributed by atoms with E-state index >= 15 is 0 Å². The minimum Gasteiger partial charge on any atom is -0.342 e. The molecule has 1 saturated carbocycles. The van der Waals surface area contributed by atoms with E-state index in [2.05, 4.69) is 45.1 Å². The third kappa shape index (κ3) is 2.46. The van der Waals surface area contributed by atoms with Gasteiger partial charge in [0, 0.05) is 23.8 Å². The molecule has 3 rings (SSSR count). The molecule has 0 spiro atoms. The van der Waals surface area contributed by atoms with Crippen molar-refractivity contribution in [2.24, 2.45) is 5.92 Å². The van der Waals surface area contributed by atoms with Gasteiger partial charge in [-0.3, -0.25) is 4.79 Å². The van der Waals surface area contributed by atoms with Crippen LogP contribution in [-0.2, 0) is 4.79 Å². The quantitative estimate of drug-likeness (QED) is 0.769. The molecule has 1 aliphatic heterocycles. The second-order valence-electron chi connectivity index (χ2n) is 5.36. The monoisotopic (exact) mass is 307 g/mol. The van der Waals surface area contributed by atoms with E-state index in [1.165, 1.54) is 5.56 Å². The van der Waals surface area contributed by atoms with E-state index in [9.17, 15) is 4.79 Å². The zero-order valence-electron chi connectivity index (χ0n) is 10.4. The Balaban J connectivity index is 1.59. The van der Waals surface area contributed by atoms with Crippen molar-refractivity contribution in [3.8, 4) is 0 Å². The number of amides is 1. The molecule has 18 heavy (non-hydrogen) atoms. The summed E-state index contributed by atoms with van der Waals surface area (Å²) in [7, 11) is 0. The van der Waals surface area contributed by atoms with Crippen molar-refractivity contribution in [1.82, 2.24) is 4.90 Å². The summed E-state index contributed by atoms with van der Waals surface area (Å²) in [6.45, 7) is 1.85. The third-order valence-corrected chi connectivity index (χ3v) is 4.99. The number of benzene rings is 1. The maximum atomic E-state index is 12.4. The van der Waals surface area contributed by atoms with Crippen LogP contribution in [0.15, 0.2) is 30.3 Å². The van der Waals surface area contributed by atoms with Crippen LogP contribution in [0.25, 0.3) is 0 Å². The Labute approximate surface area is 116 Å². The highest BCUT2D eigenvalue weighted by Gasteiger charge is 2.45. The molecule has 0 N–H and O–H groups in total. The summed E-state index contributed by atoms with van der Waals surface area (Å²) in [4.78, 5) is 15.0. The lowest BCUT2D eigenvalue weighted by atomic mass is 10.1. The SMILES string of the molecule is O=C(C1CC1c1ccccc1)N1CCC(Br)CC1. The first kappa shape index (κ1) is 12.2. The Morgan fingerprint density at radius 2 is 1.83 bits per heavy atom. The van der Waals surface area contributed by atoms with Crippen LogP contribution in [0.3, 0.4) is 0 Å². The van der Waals surface area contributed by atoms with Crippen LogP contribution >= 0.6 is 15.9 Å². The van der Waals surface area contributed by atoms with E-state index in [1.807, 2.05) is 6.07 Å². The highest BCUT2D eigenvalue weighted by atomic mass is 79.9. The van der Waals surface area contributed by atoms with Crippen molar-refractivity contribution in [2.75, 3.05) is 13.1 Å². The molecule has 2 nitrogen and oxygen atoms in total. The summed E-state index contributed by atoms with van der Waals surface area (Å²) in [5.74, 6) is 1.10. The van der Waals surface area contributed by atoms with Gasteiger partial charge in [-0.15, -0.1) is 0 Å². The van der Waals surface area contributed by atoms with E-state index in [4.69, 9.17) is 0 Å². The molecule has 1 amide bonds. The van der Waals surface area contributed by atoms with Gasteiger partial charge in [0.05, 0.1) is 0 Å². The average Bonchev–Trinajstić information content (AvgIpc) is 3.20. The number of halogens is 1. The van der Waals surface area contributed by atoms with Gasteiger partial charge < -0.3 is 4.90 Å². The van der Waals surface area contributed by atoms with Crippen molar-refractivity contribution >= 4 is 21.8 Å². The molecule has 3 heteroatoms. The average molecular weight is 308 g/mol. The Morgan fingerprint density at radius 3 is 2.50 bits per heavy atom. The molecule has 2 atom stereocenters. The minimum absolute atomic E-state index is 0.249. The number of rotatable bonds is 2. The van der Waals surface area contributed by atoms with Gasteiger partial charge >= 0.3 is 0 Å². The fourth-order valence-corrected chi connectivity index (χ4v) is 3.25. The van der Waals surface area contributed by atoms with Crippen molar-refractivity contribution in [3.63, 3.8) is 0 Å². The maximum absolute atomic E-state index is 12.4. The molecule has 96 valence electrons. The molecule has 1 aromatic rings. The second kappa shape index (κ2) is 5.04. The van der Waals surface area contributed by atoms with Crippen LogP contribution < -0.4 is 0 Å². The van der Waals surface area contributed by atoms with Crippen molar-refractivity contribution in [1.29, 1.82) is 0 Å². The van der Waals surface area contributed by atoms with E-state index in [0.717, 1.165) is 32.4 Å². The van der Waals surface area contributed by atoms with Crippen LogP contribution in [0.5, 0.6) is 0 Å². The van der Waals surface area contributed by atoms with Gasteiger partial charge in [-0.2, -0.15) is 0 Å². The second-order valence-corrected chi connectivity index (χ2v) is 6.65. The van der Waals surface area contributed by atoms with E-state index in [-0.39, 0.29) is 5.92 Å². The zero-order chi connectivity index (χ0) is 12.5. The number of nitrogens with zero attached hydrogens (tertiary/aromatic N) is 1. The summed E-state index contributed by atoms with van der Waals surface area (Å²) in [6.07, 6.45) is 3.22. The predicted octanol–water partition coefficient (Wildman–Crippen LogP) is 3.18. The van der Waals surface area contributed by atoms with E-state index in [0.29, 0.717) is 16.7 Å². The van der Waals surface area contributed by atoms with Crippen molar-refractivity contribution in [3.05, 3.63) is 35.9 Å². The Bertz CT molecular complexity index is 425. The van der Waals surface area contributed by atoms with E-state index < -0.39 is 0 Å². The number of piperidine rings is 1. The molecule has 2 unspecified atom stereocenters. The molecule has 1 saturated heterocycles. The van der Waals surface area contributed by atoms with Gasteiger partial charge in [0.1, 0.15) is 0 Å². The van der Waals surface area contributed by atoms with Gasteiger partial charge in [0.2, 0.25) is 5.91 Å².